The lowest BCUT2D eigenvalue weighted by atomic mass is 10.0. The van der Waals surface area contributed by atoms with Gasteiger partial charge in [-0.05, 0) is 24.2 Å². The molecule has 0 bridgehead atoms. The van der Waals surface area contributed by atoms with Gasteiger partial charge in [-0.2, -0.15) is 0 Å². The molecule has 2 aliphatic rings. The summed E-state index contributed by atoms with van der Waals surface area (Å²) < 4.78 is 0. The molecule has 2 nitrogen and oxygen atoms in total. The molecule has 10 heavy (non-hydrogen) atoms. The topological polar surface area (TPSA) is 37.3 Å². The Morgan fingerprint density at radius 1 is 1.50 bits per heavy atom. The average Bonchev–Trinajstić information content (AvgIpc) is 2.48. The predicted octanol–water partition coefficient (Wildman–Crippen LogP) is 1.36. The second-order valence-electron chi connectivity index (χ2n) is 3.66. The molecular formula is C8H12O2. The molecule has 0 aliphatic heterocycles. The maximum absolute atomic E-state index is 10.5. The van der Waals surface area contributed by atoms with E-state index in [0.717, 1.165) is 6.42 Å². The summed E-state index contributed by atoms with van der Waals surface area (Å²) in [7, 11) is 0. The van der Waals surface area contributed by atoms with E-state index < -0.39 is 5.97 Å². The summed E-state index contributed by atoms with van der Waals surface area (Å²) in [5, 5.41) is 8.68. The van der Waals surface area contributed by atoms with Crippen LogP contribution in [0.2, 0.25) is 0 Å². The molecule has 2 heteroatoms. The molecule has 0 radical (unpaired) electrons. The van der Waals surface area contributed by atoms with Gasteiger partial charge in [0.15, 0.2) is 0 Å². The Balaban J connectivity index is 2.05. The van der Waals surface area contributed by atoms with Gasteiger partial charge in [0.05, 0.1) is 5.92 Å². The molecule has 0 aromatic carbocycles. The zero-order valence-corrected chi connectivity index (χ0v) is 6.08. The van der Waals surface area contributed by atoms with Crippen LogP contribution in [0.15, 0.2) is 0 Å². The van der Waals surface area contributed by atoms with Gasteiger partial charge in [0.25, 0.3) is 0 Å². The lowest BCUT2D eigenvalue weighted by Gasteiger charge is -2.03. The highest BCUT2D eigenvalue weighted by Gasteiger charge is 2.60. The first-order valence-electron chi connectivity index (χ1n) is 3.94. The smallest absolute Gasteiger partial charge is 0.307 e. The van der Waals surface area contributed by atoms with Crippen molar-refractivity contribution in [2.45, 2.75) is 19.8 Å². The minimum Gasteiger partial charge on any atom is -0.481 e. The largest absolute Gasteiger partial charge is 0.481 e. The monoisotopic (exact) mass is 140 g/mol. The van der Waals surface area contributed by atoms with Crippen molar-refractivity contribution in [3.63, 3.8) is 0 Å². The highest BCUT2D eigenvalue weighted by atomic mass is 16.4. The molecule has 2 rings (SSSR count). The molecule has 4 unspecified atom stereocenters. The third-order valence-corrected chi connectivity index (χ3v) is 3.13. The van der Waals surface area contributed by atoms with E-state index in [1.165, 1.54) is 6.42 Å². The maximum atomic E-state index is 10.5. The van der Waals surface area contributed by atoms with Gasteiger partial charge in [-0.25, -0.2) is 0 Å². The summed E-state index contributed by atoms with van der Waals surface area (Å²) in [6.45, 7) is 2.17. The number of carboxylic acid groups (broad SMARTS) is 1. The van der Waals surface area contributed by atoms with Crippen molar-refractivity contribution in [2.24, 2.45) is 23.7 Å². The van der Waals surface area contributed by atoms with Crippen LogP contribution in [0, 0.1) is 23.7 Å². The number of aliphatic carboxylic acids is 1. The Labute approximate surface area is 60.2 Å². The normalized spacial score (nSPS) is 50.5. The summed E-state index contributed by atoms with van der Waals surface area (Å²) in [6, 6.07) is 0. The van der Waals surface area contributed by atoms with Gasteiger partial charge < -0.3 is 5.11 Å². The van der Waals surface area contributed by atoms with Crippen molar-refractivity contribution in [2.75, 3.05) is 0 Å². The number of fused-ring (bicyclic) bond motifs is 1. The molecular weight excluding hydrogens is 128 g/mol. The van der Waals surface area contributed by atoms with Crippen LogP contribution in [-0.2, 0) is 4.79 Å². The van der Waals surface area contributed by atoms with E-state index in [-0.39, 0.29) is 5.92 Å². The lowest BCUT2D eigenvalue weighted by molar-refractivity contribution is -0.139. The van der Waals surface area contributed by atoms with E-state index in [1.807, 2.05) is 0 Å². The molecule has 0 saturated heterocycles. The molecule has 0 heterocycles. The first kappa shape index (κ1) is 6.20. The Hall–Kier alpha value is -0.530. The number of carbonyl (C=O) groups is 1. The minimum atomic E-state index is -0.568. The third kappa shape index (κ3) is 0.619. The summed E-state index contributed by atoms with van der Waals surface area (Å²) in [6.07, 6.45) is 2.40. The molecule has 0 spiro atoms. The van der Waals surface area contributed by atoms with Crippen molar-refractivity contribution >= 4 is 5.97 Å². The second-order valence-corrected chi connectivity index (χ2v) is 3.66. The number of hydrogen-bond donors (Lipinski definition) is 1. The molecule has 0 aromatic rings. The number of carboxylic acids is 1. The van der Waals surface area contributed by atoms with Crippen LogP contribution >= 0.6 is 0 Å². The van der Waals surface area contributed by atoms with E-state index in [2.05, 4.69) is 6.92 Å². The average molecular weight is 140 g/mol. The molecule has 2 aliphatic carbocycles. The molecule has 0 aromatic heterocycles. The highest BCUT2D eigenvalue weighted by Crippen LogP contribution is 2.60. The fourth-order valence-electron chi connectivity index (χ4n) is 2.54. The molecule has 0 amide bonds. The zero-order chi connectivity index (χ0) is 7.30. The van der Waals surface area contributed by atoms with Gasteiger partial charge >= 0.3 is 5.97 Å². The Morgan fingerprint density at radius 2 is 2.20 bits per heavy atom. The van der Waals surface area contributed by atoms with Crippen LogP contribution in [-0.4, -0.2) is 11.1 Å². The Morgan fingerprint density at radius 3 is 2.50 bits per heavy atom. The third-order valence-electron chi connectivity index (χ3n) is 3.13. The summed E-state index contributed by atoms with van der Waals surface area (Å²) in [5.74, 6) is 1.22. The molecule has 4 atom stereocenters. The number of hydrogen-bond acceptors (Lipinski definition) is 1. The van der Waals surface area contributed by atoms with E-state index >= 15 is 0 Å². The standard InChI is InChI=1S/C8H12O2/c1-4-2-3-5-6(4)7(5)8(9)10/h4-7H,2-3H2,1H3,(H,9,10). The first-order chi connectivity index (χ1) is 4.72. The quantitative estimate of drug-likeness (QED) is 0.597. The molecule has 2 saturated carbocycles. The first-order valence-corrected chi connectivity index (χ1v) is 3.94. The summed E-state index contributed by atoms with van der Waals surface area (Å²) in [5.41, 5.74) is 0. The molecule has 1 N–H and O–H groups in total. The highest BCUT2D eigenvalue weighted by molar-refractivity contribution is 5.74. The van der Waals surface area contributed by atoms with Crippen LogP contribution in [0.4, 0.5) is 0 Å². The fraction of sp³-hybridized carbons (Fsp3) is 0.875. The van der Waals surface area contributed by atoms with Crippen LogP contribution in [0.3, 0.4) is 0 Å². The lowest BCUT2D eigenvalue weighted by Crippen LogP contribution is -2.06. The van der Waals surface area contributed by atoms with Gasteiger partial charge in [0.2, 0.25) is 0 Å². The van der Waals surface area contributed by atoms with Gasteiger partial charge in [-0.1, -0.05) is 13.3 Å². The SMILES string of the molecule is CC1CCC2C(C(=O)O)C12. The van der Waals surface area contributed by atoms with Crippen LogP contribution in [0.1, 0.15) is 19.8 Å². The predicted molar refractivity (Wildman–Crippen MR) is 36.5 cm³/mol. The van der Waals surface area contributed by atoms with Crippen LogP contribution in [0.5, 0.6) is 0 Å². The van der Waals surface area contributed by atoms with Crippen molar-refractivity contribution < 1.29 is 9.90 Å². The van der Waals surface area contributed by atoms with E-state index in [4.69, 9.17) is 5.11 Å². The fourth-order valence-corrected chi connectivity index (χ4v) is 2.54. The maximum Gasteiger partial charge on any atom is 0.307 e. The van der Waals surface area contributed by atoms with E-state index in [0.29, 0.717) is 17.8 Å². The van der Waals surface area contributed by atoms with Gasteiger partial charge in [0.1, 0.15) is 0 Å². The van der Waals surface area contributed by atoms with Crippen molar-refractivity contribution in [1.29, 1.82) is 0 Å². The second kappa shape index (κ2) is 1.74. The van der Waals surface area contributed by atoms with Crippen molar-refractivity contribution in [3.8, 4) is 0 Å². The van der Waals surface area contributed by atoms with Crippen molar-refractivity contribution in [1.82, 2.24) is 0 Å². The minimum absolute atomic E-state index is 0.0312. The van der Waals surface area contributed by atoms with Gasteiger partial charge in [-0.3, -0.25) is 4.79 Å². The van der Waals surface area contributed by atoms with Gasteiger partial charge in [-0.15, -0.1) is 0 Å². The van der Waals surface area contributed by atoms with Gasteiger partial charge in [0, 0.05) is 0 Å². The molecule has 56 valence electrons. The Kier molecular flexibility index (Phi) is 1.08. The van der Waals surface area contributed by atoms with Crippen molar-refractivity contribution in [3.05, 3.63) is 0 Å². The summed E-state index contributed by atoms with van der Waals surface area (Å²) in [4.78, 5) is 10.5. The van der Waals surface area contributed by atoms with Crippen LogP contribution in [0.25, 0.3) is 0 Å². The number of rotatable bonds is 1. The summed E-state index contributed by atoms with van der Waals surface area (Å²) >= 11 is 0. The Bertz CT molecular complexity index is 176. The van der Waals surface area contributed by atoms with E-state index in [9.17, 15) is 4.79 Å². The zero-order valence-electron chi connectivity index (χ0n) is 6.08. The molecule has 2 fully saturated rings. The van der Waals surface area contributed by atoms with Crippen LogP contribution < -0.4 is 0 Å². The van der Waals surface area contributed by atoms with E-state index in [1.54, 1.807) is 0 Å².